The van der Waals surface area contributed by atoms with Gasteiger partial charge in [-0.15, -0.1) is 0 Å². The molecule has 0 saturated carbocycles. The average Bonchev–Trinajstić information content (AvgIpc) is 2.69. The zero-order valence-electron chi connectivity index (χ0n) is 18.1. The highest BCUT2D eigenvalue weighted by atomic mass is 19.4. The number of halogens is 3. The number of carbonyl (C=O) groups excluding carboxylic acids is 2. The quantitative estimate of drug-likeness (QED) is 0.376. The maximum atomic E-state index is 13.6. The first-order valence-electron chi connectivity index (χ1n) is 10.3. The summed E-state index contributed by atoms with van der Waals surface area (Å²) in [5, 5.41) is 51.2. The number of nitrogens with one attached hydrogen (secondary N) is 1. The third kappa shape index (κ3) is 3.01. The molecule has 1 aromatic rings. The zero-order chi connectivity index (χ0) is 25.5. The van der Waals surface area contributed by atoms with Crippen LogP contribution < -0.4 is 10.6 Å². The van der Waals surface area contributed by atoms with Crippen LogP contribution in [0.1, 0.15) is 34.3 Å². The van der Waals surface area contributed by atoms with Crippen LogP contribution in [-0.4, -0.2) is 57.5 Å². The Labute approximate surface area is 191 Å². The van der Waals surface area contributed by atoms with Gasteiger partial charge in [-0.3, -0.25) is 9.59 Å². The molecule has 182 valence electrons. The molecule has 0 aromatic heterocycles. The maximum Gasteiger partial charge on any atom is 0.420 e. The second kappa shape index (κ2) is 7.23. The van der Waals surface area contributed by atoms with Crippen molar-refractivity contribution in [3.63, 3.8) is 0 Å². The number of nitrogens with two attached hydrogens (primary N) is 1. The smallest absolute Gasteiger partial charge is 0.420 e. The van der Waals surface area contributed by atoms with E-state index in [-0.39, 0.29) is 30.5 Å². The number of phenols is 1. The van der Waals surface area contributed by atoms with Crippen LogP contribution in [-0.2, 0) is 17.4 Å². The van der Waals surface area contributed by atoms with E-state index < -0.39 is 80.6 Å². The number of primary amides is 1. The van der Waals surface area contributed by atoms with Crippen molar-refractivity contribution in [1.29, 1.82) is 5.41 Å². The van der Waals surface area contributed by atoms with E-state index in [1.807, 2.05) is 0 Å². The molecule has 34 heavy (non-hydrogen) atoms. The van der Waals surface area contributed by atoms with Crippen LogP contribution in [0.4, 0.5) is 18.9 Å². The standard InChI is InChI=1S/C22H22F3N3O6/c1-28(2)11-6-10(22(23,24)25)16(30)14-9(11)4-7-3-8-5-12(29)15(20(27)33)18(26)21(8,34)19(32)13(7)17(14)31/h6-8,26,29-30,32,34H,3-5H2,1-2H3,(H2,27,33)/t7-,8+,21-/m1/s1. The number of carbonyl (C=O) groups is 2. The Balaban J connectivity index is 1.97. The molecular formula is C22H22F3N3O6. The molecule has 7 N–H and O–H groups in total. The van der Waals surface area contributed by atoms with E-state index in [2.05, 4.69) is 0 Å². The van der Waals surface area contributed by atoms with Gasteiger partial charge in [0.2, 0.25) is 0 Å². The largest absolute Gasteiger partial charge is 0.511 e. The van der Waals surface area contributed by atoms with Gasteiger partial charge < -0.3 is 36.5 Å². The molecule has 0 heterocycles. The van der Waals surface area contributed by atoms with Gasteiger partial charge >= 0.3 is 6.18 Å². The van der Waals surface area contributed by atoms with Crippen LogP contribution in [0.2, 0.25) is 0 Å². The highest BCUT2D eigenvalue weighted by Crippen LogP contribution is 2.53. The molecule has 0 spiro atoms. The number of aliphatic hydroxyl groups excluding tert-OH is 2. The molecule has 0 saturated heterocycles. The summed E-state index contributed by atoms with van der Waals surface area (Å²) in [6.45, 7) is 0. The van der Waals surface area contributed by atoms with Crippen molar-refractivity contribution >= 4 is 23.1 Å². The number of hydrogen-bond donors (Lipinski definition) is 6. The second-order valence-electron chi connectivity index (χ2n) is 8.99. The van der Waals surface area contributed by atoms with Crippen molar-refractivity contribution in [3.8, 4) is 5.75 Å². The summed E-state index contributed by atoms with van der Waals surface area (Å²) in [5.74, 6) is -6.95. The van der Waals surface area contributed by atoms with Crippen molar-refractivity contribution < 1.29 is 43.2 Å². The minimum absolute atomic E-state index is 0.0335. The second-order valence-corrected chi connectivity index (χ2v) is 8.99. The number of amides is 1. The molecule has 1 aromatic carbocycles. The lowest BCUT2D eigenvalue weighted by Gasteiger charge is -2.47. The maximum absolute atomic E-state index is 13.6. The van der Waals surface area contributed by atoms with Crippen LogP contribution in [0.5, 0.6) is 5.75 Å². The number of hydrogen-bond acceptors (Lipinski definition) is 8. The number of fused-ring (bicyclic) bond motifs is 3. The Hall–Kier alpha value is -3.54. The topological polar surface area (TPSA) is 168 Å². The van der Waals surface area contributed by atoms with Crippen LogP contribution in [0.25, 0.3) is 0 Å². The van der Waals surface area contributed by atoms with Gasteiger partial charge in [-0.1, -0.05) is 0 Å². The molecule has 12 heteroatoms. The van der Waals surface area contributed by atoms with Gasteiger partial charge in [0.25, 0.3) is 5.91 Å². The molecule has 1 amide bonds. The van der Waals surface area contributed by atoms with Crippen molar-refractivity contribution in [1.82, 2.24) is 0 Å². The molecule has 0 aliphatic heterocycles. The van der Waals surface area contributed by atoms with Crippen molar-refractivity contribution in [2.24, 2.45) is 17.6 Å². The Morgan fingerprint density at radius 3 is 2.38 bits per heavy atom. The zero-order valence-corrected chi connectivity index (χ0v) is 18.1. The number of phenolic OH excluding ortho intramolecular Hbond substituents is 1. The SMILES string of the molecule is CN(C)c1cc(C(F)(F)F)c(O)c2c1C[C@H]1C[C@H]3CC(O)=C(C(N)=O)C(=N)[C@@]3(O)C(O)=C1C2=O. The van der Waals surface area contributed by atoms with Crippen LogP contribution >= 0.6 is 0 Å². The van der Waals surface area contributed by atoms with Crippen LogP contribution in [0.3, 0.4) is 0 Å². The number of alkyl halides is 3. The number of aromatic hydroxyl groups is 1. The first-order valence-corrected chi connectivity index (χ1v) is 10.3. The molecule has 0 radical (unpaired) electrons. The van der Waals surface area contributed by atoms with E-state index in [4.69, 9.17) is 11.1 Å². The summed E-state index contributed by atoms with van der Waals surface area (Å²) >= 11 is 0. The summed E-state index contributed by atoms with van der Waals surface area (Å²) in [6.07, 6.45) is -5.37. The van der Waals surface area contributed by atoms with E-state index in [1.165, 1.54) is 19.0 Å². The van der Waals surface area contributed by atoms with Gasteiger partial charge in [-0.2, -0.15) is 13.2 Å². The number of allylic oxidation sites excluding steroid dienone is 2. The predicted molar refractivity (Wildman–Crippen MR) is 113 cm³/mol. The molecule has 0 bridgehead atoms. The molecule has 3 aliphatic rings. The van der Waals surface area contributed by atoms with Gasteiger partial charge in [0, 0.05) is 37.7 Å². The van der Waals surface area contributed by atoms with E-state index in [9.17, 15) is 43.2 Å². The lowest BCUT2D eigenvalue weighted by molar-refractivity contribution is -0.138. The first kappa shape index (κ1) is 23.6. The number of rotatable bonds is 2. The van der Waals surface area contributed by atoms with Crippen LogP contribution in [0.15, 0.2) is 28.7 Å². The van der Waals surface area contributed by atoms with Crippen molar-refractivity contribution in [2.45, 2.75) is 31.0 Å². The number of benzene rings is 1. The fourth-order valence-electron chi connectivity index (χ4n) is 5.34. The number of aliphatic hydroxyl groups is 3. The first-order chi connectivity index (χ1) is 15.6. The number of ketones is 1. The highest BCUT2D eigenvalue weighted by molar-refractivity contribution is 6.25. The number of Topliss-reactive ketones (excluding diaryl/α,β-unsaturated/α-hetero) is 1. The van der Waals surface area contributed by atoms with E-state index in [0.717, 1.165) is 6.07 Å². The Morgan fingerprint density at radius 2 is 1.85 bits per heavy atom. The monoisotopic (exact) mass is 481 g/mol. The molecule has 9 nitrogen and oxygen atoms in total. The predicted octanol–water partition coefficient (Wildman–Crippen LogP) is 2.12. The number of nitrogens with zero attached hydrogens (tertiary/aromatic N) is 1. The third-order valence-corrected chi connectivity index (χ3v) is 6.88. The van der Waals surface area contributed by atoms with Crippen molar-refractivity contribution in [3.05, 3.63) is 45.4 Å². The lowest BCUT2D eigenvalue weighted by atomic mass is 9.60. The molecule has 0 unspecified atom stereocenters. The fourth-order valence-corrected chi connectivity index (χ4v) is 5.34. The Morgan fingerprint density at radius 1 is 1.24 bits per heavy atom. The van der Waals surface area contributed by atoms with E-state index in [1.54, 1.807) is 0 Å². The summed E-state index contributed by atoms with van der Waals surface area (Å²) in [5.41, 5.74) is -1.27. The van der Waals surface area contributed by atoms with E-state index >= 15 is 0 Å². The molecule has 4 rings (SSSR count). The minimum atomic E-state index is -4.97. The average molecular weight is 481 g/mol. The minimum Gasteiger partial charge on any atom is -0.511 e. The Kier molecular flexibility index (Phi) is 5.02. The van der Waals surface area contributed by atoms with E-state index in [0.29, 0.717) is 0 Å². The summed E-state index contributed by atoms with van der Waals surface area (Å²) in [6, 6.07) is 0.749. The van der Waals surface area contributed by atoms with Gasteiger partial charge in [0.1, 0.15) is 28.4 Å². The fraction of sp³-hybridized carbons (Fsp3) is 0.409. The number of anilines is 1. The molecule has 0 fully saturated rings. The Bertz CT molecular complexity index is 1230. The lowest BCUT2D eigenvalue weighted by Crippen LogP contribution is -2.57. The van der Waals surface area contributed by atoms with Crippen molar-refractivity contribution in [2.75, 3.05) is 19.0 Å². The highest BCUT2D eigenvalue weighted by Gasteiger charge is 2.58. The third-order valence-electron chi connectivity index (χ3n) is 6.88. The summed E-state index contributed by atoms with van der Waals surface area (Å²) in [7, 11) is 2.97. The van der Waals surface area contributed by atoms with Gasteiger partial charge in [-0.05, 0) is 30.4 Å². The van der Waals surface area contributed by atoms with Gasteiger partial charge in [0.05, 0.1) is 11.3 Å². The van der Waals surface area contributed by atoms with Gasteiger partial charge in [-0.25, -0.2) is 0 Å². The summed E-state index contributed by atoms with van der Waals surface area (Å²) in [4.78, 5) is 26.5. The van der Waals surface area contributed by atoms with Crippen LogP contribution in [0, 0.1) is 17.2 Å². The van der Waals surface area contributed by atoms with Gasteiger partial charge in [0.15, 0.2) is 11.4 Å². The molecule has 3 aliphatic carbocycles. The normalized spacial score (nSPS) is 26.8. The summed E-state index contributed by atoms with van der Waals surface area (Å²) < 4.78 is 40.8. The molecule has 3 atom stereocenters. The molecular weight excluding hydrogens is 459 g/mol.